The fourth-order valence-electron chi connectivity index (χ4n) is 4.48. The van der Waals surface area contributed by atoms with Crippen LogP contribution in [-0.2, 0) is 0 Å². The molecule has 0 aliphatic rings. The Morgan fingerprint density at radius 2 is 1.23 bits per heavy atom. The van der Waals surface area contributed by atoms with Crippen molar-refractivity contribution in [3.63, 3.8) is 0 Å². The molecule has 0 saturated heterocycles. The van der Waals surface area contributed by atoms with Gasteiger partial charge in [-0.15, -0.1) is 0 Å². The van der Waals surface area contributed by atoms with E-state index in [1.165, 1.54) is 30.0 Å². The first-order chi connectivity index (χ1) is 15.0. The van der Waals surface area contributed by atoms with Gasteiger partial charge in [0.2, 0.25) is 0 Å². The maximum Gasteiger partial charge on any atom is 0.707 e. The van der Waals surface area contributed by atoms with Crippen molar-refractivity contribution >= 4 is 46.9 Å². The largest absolute Gasteiger partial charge is 0.707 e. The second-order valence-corrected chi connectivity index (χ2v) is 14.0. The minimum Gasteiger partial charge on any atom is -0.511 e. The van der Waals surface area contributed by atoms with Crippen molar-refractivity contribution in [3.8, 4) is 5.75 Å². The monoisotopic (exact) mass is 436 g/mol. The predicted molar refractivity (Wildman–Crippen MR) is 140 cm³/mol. The SMILES string of the molecule is CC[PH](CC)(CC)CC.OB(O)Oc1cccc2ccc3cc4ccccc4cc3c12. The molecule has 0 heterocycles. The molecule has 4 rings (SSSR count). The first-order valence-electron chi connectivity index (χ1n) is 11.3. The molecule has 0 spiro atoms. The summed E-state index contributed by atoms with van der Waals surface area (Å²) in [5.41, 5.74) is 0. The van der Waals surface area contributed by atoms with Crippen LogP contribution < -0.4 is 4.65 Å². The summed E-state index contributed by atoms with van der Waals surface area (Å²) in [6, 6.07) is 22.1. The van der Waals surface area contributed by atoms with Gasteiger partial charge < -0.3 is 14.7 Å². The van der Waals surface area contributed by atoms with E-state index < -0.39 is 14.6 Å². The molecule has 0 radical (unpaired) electrons. The molecule has 4 aromatic carbocycles. The van der Waals surface area contributed by atoms with E-state index in [2.05, 4.69) is 58.0 Å². The van der Waals surface area contributed by atoms with Gasteiger partial charge in [0, 0.05) is 5.39 Å². The summed E-state index contributed by atoms with van der Waals surface area (Å²) >= 11 is 0. The molecule has 0 unspecified atom stereocenters. The van der Waals surface area contributed by atoms with Crippen LogP contribution >= 0.6 is 7.26 Å². The Bertz CT molecular complexity index is 1140. The topological polar surface area (TPSA) is 49.7 Å². The third-order valence-electron chi connectivity index (χ3n) is 6.92. The number of benzene rings is 4. The molecule has 31 heavy (non-hydrogen) atoms. The Hall–Kier alpha value is -2.13. The normalized spacial score (nSPS) is 11.9. The van der Waals surface area contributed by atoms with E-state index in [0.717, 1.165) is 26.9 Å². The van der Waals surface area contributed by atoms with Crippen LogP contribution in [0.3, 0.4) is 0 Å². The van der Waals surface area contributed by atoms with E-state index in [9.17, 15) is 0 Å². The molecule has 0 atom stereocenters. The maximum atomic E-state index is 9.14. The Balaban J connectivity index is 0.000000259. The summed E-state index contributed by atoms with van der Waals surface area (Å²) in [7, 11) is -2.52. The molecule has 0 fully saturated rings. The molecule has 0 amide bonds. The third-order valence-corrected chi connectivity index (χ3v) is 12.9. The van der Waals surface area contributed by atoms with Crippen molar-refractivity contribution in [2.45, 2.75) is 27.7 Å². The van der Waals surface area contributed by atoms with Crippen LogP contribution in [0.2, 0.25) is 0 Å². The van der Waals surface area contributed by atoms with E-state index in [0.29, 0.717) is 5.75 Å². The summed E-state index contributed by atoms with van der Waals surface area (Å²) in [6.07, 6.45) is 5.93. The van der Waals surface area contributed by atoms with Gasteiger partial charge in [-0.1, -0.05) is 48.5 Å². The van der Waals surface area contributed by atoms with Crippen molar-refractivity contribution in [3.05, 3.63) is 66.7 Å². The van der Waals surface area contributed by atoms with Crippen LogP contribution in [-0.4, -0.2) is 42.0 Å². The van der Waals surface area contributed by atoms with Crippen molar-refractivity contribution in [2.75, 3.05) is 24.6 Å². The van der Waals surface area contributed by atoms with Crippen molar-refractivity contribution < 1.29 is 14.7 Å². The zero-order valence-corrected chi connectivity index (χ0v) is 20.1. The van der Waals surface area contributed by atoms with E-state index in [-0.39, 0.29) is 0 Å². The second kappa shape index (κ2) is 10.5. The fraction of sp³-hybridized carbons (Fsp3) is 0.308. The van der Waals surface area contributed by atoms with Gasteiger partial charge in [-0.3, -0.25) is 0 Å². The molecule has 2 N–H and O–H groups in total. The smallest absolute Gasteiger partial charge is 0.511 e. The zero-order chi connectivity index (χ0) is 22.4. The van der Waals surface area contributed by atoms with Crippen molar-refractivity contribution in [1.82, 2.24) is 0 Å². The van der Waals surface area contributed by atoms with Crippen LogP contribution in [0.15, 0.2) is 66.7 Å². The van der Waals surface area contributed by atoms with Gasteiger partial charge >= 0.3 is 66.9 Å². The van der Waals surface area contributed by atoms with E-state index >= 15 is 0 Å². The first kappa shape index (κ1) is 23.5. The minimum atomic E-state index is -1.83. The molecule has 5 heteroatoms. The van der Waals surface area contributed by atoms with Crippen LogP contribution in [0, 0.1) is 0 Å². The number of fused-ring (bicyclic) bond motifs is 4. The molecule has 3 nitrogen and oxygen atoms in total. The average Bonchev–Trinajstić information content (AvgIpc) is 2.80. The van der Waals surface area contributed by atoms with Gasteiger partial charge in [-0.05, 0) is 45.1 Å². The molecule has 4 aromatic rings. The summed E-state index contributed by atoms with van der Waals surface area (Å²) < 4.78 is 5.16. The van der Waals surface area contributed by atoms with Gasteiger partial charge in [0.1, 0.15) is 5.75 Å². The summed E-state index contributed by atoms with van der Waals surface area (Å²) in [4.78, 5) is 0. The fourth-order valence-corrected chi connectivity index (χ4v) is 7.48. The molecular weight excluding hydrogens is 402 g/mol. The predicted octanol–water partition coefficient (Wildman–Crippen LogP) is 6.31. The molecular formula is C26H34BO3P. The van der Waals surface area contributed by atoms with Crippen molar-refractivity contribution in [1.29, 1.82) is 0 Å². The zero-order valence-electron chi connectivity index (χ0n) is 19.1. The quantitative estimate of drug-likeness (QED) is 0.161. The number of hydrogen-bond acceptors (Lipinski definition) is 3. The Morgan fingerprint density at radius 3 is 1.77 bits per heavy atom. The first-order valence-corrected chi connectivity index (χ1v) is 14.2. The van der Waals surface area contributed by atoms with Gasteiger partial charge in [-0.2, -0.15) is 0 Å². The Kier molecular flexibility index (Phi) is 7.94. The van der Waals surface area contributed by atoms with Crippen LogP contribution in [0.1, 0.15) is 27.7 Å². The van der Waals surface area contributed by atoms with Gasteiger partial charge in [-0.25, -0.2) is 0 Å². The number of hydrogen-bond donors (Lipinski definition) is 2. The summed E-state index contributed by atoms with van der Waals surface area (Å²) in [6.45, 7) is 9.46. The molecule has 0 saturated carbocycles. The van der Waals surface area contributed by atoms with Crippen LogP contribution in [0.4, 0.5) is 0 Å². The standard InChI is InChI=1S/C18H13BO3.C8H21P/c20-19(21)22-17-7-3-6-12-8-9-15-10-13-4-1-2-5-14(13)11-16(15)18(12)17;1-5-9(6-2,7-3)8-4/h1-11,20-21H;9H,5-8H2,1-4H3. The molecule has 0 aliphatic heterocycles. The Morgan fingerprint density at radius 1 is 0.677 bits per heavy atom. The van der Waals surface area contributed by atoms with E-state index in [1.54, 1.807) is 6.07 Å². The summed E-state index contributed by atoms with van der Waals surface area (Å²) in [5.74, 6) is 0.466. The molecule has 0 bridgehead atoms. The summed E-state index contributed by atoms with van der Waals surface area (Å²) in [5, 5.41) is 24.6. The maximum absolute atomic E-state index is 9.14. The molecule has 0 aromatic heterocycles. The van der Waals surface area contributed by atoms with Crippen LogP contribution in [0.5, 0.6) is 5.75 Å². The van der Waals surface area contributed by atoms with E-state index in [4.69, 9.17) is 14.7 Å². The second-order valence-electron chi connectivity index (χ2n) is 8.20. The Labute approximate surface area is 186 Å². The molecule has 164 valence electrons. The van der Waals surface area contributed by atoms with Gasteiger partial charge in [0.15, 0.2) is 0 Å². The van der Waals surface area contributed by atoms with Gasteiger partial charge in [0.05, 0.1) is 0 Å². The van der Waals surface area contributed by atoms with Gasteiger partial charge in [0.25, 0.3) is 0 Å². The van der Waals surface area contributed by atoms with E-state index in [1.807, 2.05) is 30.3 Å². The average molecular weight is 436 g/mol. The number of rotatable bonds is 6. The van der Waals surface area contributed by atoms with Crippen LogP contribution in [0.25, 0.3) is 32.3 Å². The minimum absolute atomic E-state index is 0.466. The van der Waals surface area contributed by atoms with Crippen molar-refractivity contribution in [2.24, 2.45) is 0 Å². The molecule has 0 aliphatic carbocycles. The third kappa shape index (κ3) is 5.21.